The van der Waals surface area contributed by atoms with Gasteiger partial charge < -0.3 is 14.7 Å². The van der Waals surface area contributed by atoms with Gasteiger partial charge in [-0.3, -0.25) is 0 Å². The number of aromatic nitrogens is 2. The number of carbonyl (C=O) groups is 1. The number of hydrogen-bond acceptors (Lipinski definition) is 5. The Morgan fingerprint density at radius 2 is 2.07 bits per heavy atom. The van der Waals surface area contributed by atoms with E-state index < -0.39 is 11.4 Å². The summed E-state index contributed by atoms with van der Waals surface area (Å²) in [7, 11) is 0. The number of rotatable bonds is 3. The average molecular weight is 401 g/mol. The average Bonchev–Trinajstić information content (AvgIpc) is 2.61. The molecule has 1 unspecified atom stereocenters. The van der Waals surface area contributed by atoms with Crippen molar-refractivity contribution in [3.8, 4) is 17.0 Å². The number of hydrogen-bond donors (Lipinski definition) is 1. The highest BCUT2D eigenvalue weighted by atomic mass is 19.1. The normalized spacial score (nSPS) is 17.3. The van der Waals surface area contributed by atoms with Crippen molar-refractivity contribution in [3.05, 3.63) is 41.3 Å². The van der Waals surface area contributed by atoms with Crippen LogP contribution in [-0.2, 0) is 11.2 Å². The minimum absolute atomic E-state index is 0.0587. The molecule has 0 aliphatic carbocycles. The van der Waals surface area contributed by atoms with Crippen LogP contribution in [0.15, 0.2) is 24.3 Å². The van der Waals surface area contributed by atoms with Crippen LogP contribution in [-0.4, -0.2) is 45.0 Å². The van der Waals surface area contributed by atoms with Crippen molar-refractivity contribution in [2.75, 3.05) is 13.1 Å². The Morgan fingerprint density at radius 3 is 2.69 bits per heavy atom. The highest BCUT2D eigenvalue weighted by Gasteiger charge is 2.28. The van der Waals surface area contributed by atoms with Gasteiger partial charge in [-0.15, -0.1) is 0 Å². The molecule has 1 aromatic carbocycles. The molecule has 0 radical (unpaired) electrons. The van der Waals surface area contributed by atoms with Gasteiger partial charge in [-0.2, -0.15) is 10.2 Å². The lowest BCUT2D eigenvalue weighted by molar-refractivity contribution is 0.0165. The van der Waals surface area contributed by atoms with Crippen LogP contribution in [0.1, 0.15) is 44.9 Å². The highest BCUT2D eigenvalue weighted by molar-refractivity contribution is 5.68. The largest absolute Gasteiger partial charge is 0.507 e. The fraction of sp³-hybridized carbons (Fsp3) is 0.500. The Labute approximate surface area is 170 Å². The molecule has 1 saturated heterocycles. The van der Waals surface area contributed by atoms with Crippen LogP contribution in [0.2, 0.25) is 0 Å². The summed E-state index contributed by atoms with van der Waals surface area (Å²) in [6.45, 7) is 8.61. The Hall–Kier alpha value is -2.70. The van der Waals surface area contributed by atoms with Crippen LogP contribution < -0.4 is 0 Å². The van der Waals surface area contributed by atoms with Gasteiger partial charge in [0.05, 0.1) is 17.0 Å². The van der Waals surface area contributed by atoms with E-state index in [-0.39, 0.29) is 23.3 Å². The molecule has 1 fully saturated rings. The number of phenols is 1. The van der Waals surface area contributed by atoms with E-state index >= 15 is 0 Å². The molecule has 2 heterocycles. The Bertz CT molecular complexity index is 855. The van der Waals surface area contributed by atoms with Crippen molar-refractivity contribution in [1.82, 2.24) is 15.1 Å². The molecule has 1 aromatic heterocycles. The van der Waals surface area contributed by atoms with Crippen LogP contribution in [0.25, 0.3) is 11.3 Å². The van der Waals surface area contributed by atoms with Crippen LogP contribution in [0.4, 0.5) is 9.18 Å². The second-order valence-electron chi connectivity index (χ2n) is 8.69. The van der Waals surface area contributed by atoms with Gasteiger partial charge in [0.1, 0.15) is 17.2 Å². The van der Waals surface area contributed by atoms with Crippen LogP contribution >= 0.6 is 0 Å². The molecular formula is C22H28FN3O3. The molecule has 0 spiro atoms. The molecule has 1 aliphatic rings. The third-order valence-electron chi connectivity index (χ3n) is 4.86. The Kier molecular flexibility index (Phi) is 6.05. The monoisotopic (exact) mass is 401 g/mol. The molecule has 1 N–H and O–H groups in total. The minimum atomic E-state index is -0.523. The molecule has 29 heavy (non-hydrogen) atoms. The van der Waals surface area contributed by atoms with E-state index in [1.165, 1.54) is 12.1 Å². The summed E-state index contributed by atoms with van der Waals surface area (Å²) in [4.78, 5) is 14.1. The zero-order valence-electron chi connectivity index (χ0n) is 17.4. The van der Waals surface area contributed by atoms with Gasteiger partial charge >= 0.3 is 6.09 Å². The summed E-state index contributed by atoms with van der Waals surface area (Å²) in [5, 5.41) is 18.4. The zero-order valence-corrected chi connectivity index (χ0v) is 17.4. The Morgan fingerprint density at radius 1 is 1.31 bits per heavy atom. The third-order valence-corrected chi connectivity index (χ3v) is 4.86. The SMILES string of the molecule is Cc1cc(O)c(-c2ccc(CC3CCCN(C(=O)OC(C)(C)C)C3)nn2)c(F)c1. The second-order valence-corrected chi connectivity index (χ2v) is 8.69. The maximum absolute atomic E-state index is 14.2. The maximum atomic E-state index is 14.2. The number of phenolic OH excluding ortho intramolecular Hbond substituents is 1. The van der Waals surface area contributed by atoms with Gasteiger partial charge in [-0.25, -0.2) is 9.18 Å². The smallest absolute Gasteiger partial charge is 0.410 e. The lowest BCUT2D eigenvalue weighted by atomic mass is 9.93. The van der Waals surface area contributed by atoms with E-state index in [4.69, 9.17) is 4.74 Å². The first kappa shape index (κ1) is 21.0. The molecule has 156 valence electrons. The number of nitrogens with zero attached hydrogens (tertiary/aromatic N) is 3. The molecule has 1 amide bonds. The fourth-order valence-corrected chi connectivity index (χ4v) is 3.60. The van der Waals surface area contributed by atoms with Gasteiger partial charge in [-0.05, 0) is 82.7 Å². The quantitative estimate of drug-likeness (QED) is 0.820. The molecule has 7 heteroatoms. The van der Waals surface area contributed by atoms with Crippen molar-refractivity contribution in [2.45, 2.75) is 52.6 Å². The number of benzene rings is 1. The molecular weight excluding hydrogens is 373 g/mol. The van der Waals surface area contributed by atoms with Crippen LogP contribution in [0.3, 0.4) is 0 Å². The number of amides is 1. The van der Waals surface area contributed by atoms with Crippen molar-refractivity contribution in [1.29, 1.82) is 0 Å². The predicted molar refractivity (Wildman–Crippen MR) is 108 cm³/mol. The maximum Gasteiger partial charge on any atom is 0.410 e. The van der Waals surface area contributed by atoms with Gasteiger partial charge in [-0.1, -0.05) is 0 Å². The summed E-state index contributed by atoms with van der Waals surface area (Å²) in [5.41, 5.74) is 1.26. The number of aryl methyl sites for hydroxylation is 1. The summed E-state index contributed by atoms with van der Waals surface area (Å²) in [6.07, 6.45) is 2.30. The molecule has 3 rings (SSSR count). The lowest BCUT2D eigenvalue weighted by Gasteiger charge is -2.34. The van der Waals surface area contributed by atoms with Gasteiger partial charge in [0, 0.05) is 13.1 Å². The third kappa shape index (κ3) is 5.43. The van der Waals surface area contributed by atoms with Gasteiger partial charge in [0.2, 0.25) is 0 Å². The number of ether oxygens (including phenoxy) is 1. The molecule has 2 aromatic rings. The minimum Gasteiger partial charge on any atom is -0.507 e. The van der Waals surface area contributed by atoms with E-state index in [1.807, 2.05) is 20.8 Å². The number of piperidine rings is 1. The molecule has 1 aliphatic heterocycles. The molecule has 0 bridgehead atoms. The first-order chi connectivity index (χ1) is 13.6. The van der Waals surface area contributed by atoms with Gasteiger partial charge in [0.15, 0.2) is 0 Å². The molecule has 6 nitrogen and oxygen atoms in total. The van der Waals surface area contributed by atoms with Crippen molar-refractivity contribution in [2.24, 2.45) is 5.92 Å². The zero-order chi connectivity index (χ0) is 21.2. The van der Waals surface area contributed by atoms with E-state index in [2.05, 4.69) is 10.2 Å². The number of aromatic hydroxyl groups is 1. The fourth-order valence-electron chi connectivity index (χ4n) is 3.60. The standard InChI is InChI=1S/C22H28FN3O3/c1-14-10-17(23)20(19(27)11-14)18-8-7-16(24-25-18)12-15-6-5-9-26(13-15)21(28)29-22(2,3)4/h7-8,10-11,15,27H,5-6,9,12-13H2,1-4H3. The van der Waals surface area contributed by atoms with E-state index in [0.717, 1.165) is 18.5 Å². The lowest BCUT2D eigenvalue weighted by Crippen LogP contribution is -2.43. The van der Waals surface area contributed by atoms with E-state index in [9.17, 15) is 14.3 Å². The summed E-state index contributed by atoms with van der Waals surface area (Å²) in [5.74, 6) is -0.407. The van der Waals surface area contributed by atoms with Crippen LogP contribution in [0.5, 0.6) is 5.75 Å². The van der Waals surface area contributed by atoms with Gasteiger partial charge in [0.25, 0.3) is 0 Å². The van der Waals surface area contributed by atoms with Crippen LogP contribution in [0, 0.1) is 18.7 Å². The summed E-state index contributed by atoms with van der Waals surface area (Å²) in [6, 6.07) is 6.33. The first-order valence-corrected chi connectivity index (χ1v) is 9.92. The molecule has 1 atom stereocenters. The van der Waals surface area contributed by atoms with Crippen molar-refractivity contribution in [3.63, 3.8) is 0 Å². The van der Waals surface area contributed by atoms with Crippen molar-refractivity contribution < 1.29 is 19.0 Å². The number of halogens is 1. The van der Waals surface area contributed by atoms with Crippen molar-refractivity contribution >= 4 is 6.09 Å². The highest BCUT2D eigenvalue weighted by Crippen LogP contribution is 2.31. The predicted octanol–water partition coefficient (Wildman–Crippen LogP) is 4.49. The van der Waals surface area contributed by atoms with E-state index in [1.54, 1.807) is 24.0 Å². The Balaban J connectivity index is 1.66. The topological polar surface area (TPSA) is 75.5 Å². The summed E-state index contributed by atoms with van der Waals surface area (Å²) < 4.78 is 19.7. The molecule has 0 saturated carbocycles. The second kappa shape index (κ2) is 8.35. The number of carbonyl (C=O) groups excluding carboxylic acids is 1. The van der Waals surface area contributed by atoms with E-state index in [0.29, 0.717) is 30.8 Å². The first-order valence-electron chi connectivity index (χ1n) is 9.92. The summed E-state index contributed by atoms with van der Waals surface area (Å²) >= 11 is 0. The number of likely N-dealkylation sites (tertiary alicyclic amines) is 1.